The van der Waals surface area contributed by atoms with Gasteiger partial charge < -0.3 is 34.8 Å². The Kier molecular flexibility index (Phi) is 8.28. The highest BCUT2D eigenvalue weighted by atomic mass is 16.4. The maximum absolute atomic E-state index is 12.4. The topological polar surface area (TPSA) is 174 Å². The van der Waals surface area contributed by atoms with Crippen LogP contribution < -0.4 is 0 Å². The molecule has 0 saturated carbocycles. The standard InChI is InChI=1S/C38H36N6O6/c1-3-24-20-29-31(21-27(24)38(49)50)44(26-16-10-23(11-17-26)13-19-33(47)48)37-35(40-29)42(2)34-36(41-37)43(30-7-5-4-6-28(30)39-34)25-14-8-22(9-15-25)12-18-32(45)46/h4-11,14-17,20-21,39-41H,3,12-13,18-19H2,1-2H3,(H,45,46)(H,47,48)(H,49,50). The third-order valence-corrected chi connectivity index (χ3v) is 9.17. The molecule has 0 aliphatic heterocycles. The number of carboxylic acids is 3. The summed E-state index contributed by atoms with van der Waals surface area (Å²) in [6, 6.07) is 27.0. The lowest BCUT2D eigenvalue weighted by Gasteiger charge is -2.23. The van der Waals surface area contributed by atoms with Gasteiger partial charge in [-0.25, -0.2) is 4.79 Å². The summed E-state index contributed by atoms with van der Waals surface area (Å²) in [5.74, 6) is -2.73. The number of rotatable bonds is 10. The Bertz CT molecular complexity index is 2520. The van der Waals surface area contributed by atoms with Crippen molar-refractivity contribution in [2.75, 3.05) is 0 Å². The molecule has 0 atom stereocenters. The predicted octanol–water partition coefficient (Wildman–Crippen LogP) is 7.19. The zero-order valence-electron chi connectivity index (χ0n) is 27.5. The minimum atomic E-state index is -1.02. The first-order valence-corrected chi connectivity index (χ1v) is 16.4. The lowest BCUT2D eigenvalue weighted by molar-refractivity contribution is -0.138. The van der Waals surface area contributed by atoms with Gasteiger partial charge in [0.25, 0.3) is 0 Å². The number of benzene rings is 4. The number of aromatic amines is 3. The molecule has 0 bridgehead atoms. The quantitative estimate of drug-likeness (QED) is 0.0839. The minimum absolute atomic E-state index is 0.0149. The van der Waals surface area contributed by atoms with Crippen LogP contribution in [0.25, 0.3) is 56.0 Å². The fourth-order valence-electron chi connectivity index (χ4n) is 6.61. The number of aromatic carboxylic acids is 1. The van der Waals surface area contributed by atoms with Crippen LogP contribution in [-0.4, -0.2) is 61.9 Å². The van der Waals surface area contributed by atoms with Crippen molar-refractivity contribution >= 4 is 62.6 Å². The van der Waals surface area contributed by atoms with E-state index in [2.05, 4.69) is 19.5 Å². The molecule has 0 spiro atoms. The molecule has 4 aromatic carbocycles. The van der Waals surface area contributed by atoms with E-state index in [4.69, 9.17) is 0 Å². The van der Waals surface area contributed by atoms with Gasteiger partial charge in [-0.2, -0.15) is 0 Å². The van der Waals surface area contributed by atoms with Gasteiger partial charge >= 0.3 is 17.9 Å². The van der Waals surface area contributed by atoms with Gasteiger partial charge in [0.1, 0.15) is 0 Å². The summed E-state index contributed by atoms with van der Waals surface area (Å²) in [5, 5.41) is 28.6. The number of aliphatic carboxylic acids is 2. The van der Waals surface area contributed by atoms with Crippen molar-refractivity contribution in [2.24, 2.45) is 7.05 Å². The molecule has 12 nitrogen and oxygen atoms in total. The predicted molar refractivity (Wildman–Crippen MR) is 192 cm³/mol. The van der Waals surface area contributed by atoms with Crippen LogP contribution in [0.1, 0.15) is 46.8 Å². The Morgan fingerprint density at radius 2 is 1.14 bits per heavy atom. The van der Waals surface area contributed by atoms with Gasteiger partial charge in [-0.05, 0) is 84.5 Å². The van der Waals surface area contributed by atoms with Gasteiger partial charge in [-0.15, -0.1) is 0 Å². The molecule has 3 heterocycles. The van der Waals surface area contributed by atoms with E-state index in [1.165, 1.54) is 0 Å². The molecule has 0 amide bonds. The zero-order valence-corrected chi connectivity index (χ0v) is 27.5. The van der Waals surface area contributed by atoms with Crippen LogP contribution in [0.4, 0.5) is 0 Å². The van der Waals surface area contributed by atoms with E-state index >= 15 is 0 Å². The number of nitrogens with one attached hydrogen (secondary N) is 3. The highest BCUT2D eigenvalue weighted by Crippen LogP contribution is 2.31. The van der Waals surface area contributed by atoms with Gasteiger partial charge in [0, 0.05) is 31.3 Å². The maximum atomic E-state index is 12.4. The molecule has 12 heteroatoms. The molecule has 3 aromatic heterocycles. The summed E-state index contributed by atoms with van der Waals surface area (Å²) in [6.07, 6.45) is 1.40. The van der Waals surface area contributed by atoms with Gasteiger partial charge in [0.05, 0.1) is 27.6 Å². The highest BCUT2D eigenvalue weighted by Gasteiger charge is 2.19. The molecular formula is C38H36N6O6. The van der Waals surface area contributed by atoms with Crippen LogP contribution in [0.5, 0.6) is 0 Å². The molecule has 0 unspecified atom stereocenters. The minimum Gasteiger partial charge on any atom is -0.481 e. The first-order chi connectivity index (χ1) is 24.1. The van der Waals surface area contributed by atoms with Crippen LogP contribution >= 0.6 is 0 Å². The van der Waals surface area contributed by atoms with E-state index in [0.717, 1.165) is 56.0 Å². The van der Waals surface area contributed by atoms with Crippen LogP contribution in [-0.2, 0) is 35.9 Å². The van der Waals surface area contributed by atoms with Gasteiger partial charge in [-0.3, -0.25) is 18.7 Å². The first-order valence-electron chi connectivity index (χ1n) is 16.4. The smallest absolute Gasteiger partial charge is 0.336 e. The lowest BCUT2D eigenvalue weighted by Crippen LogP contribution is -2.14. The summed E-state index contributed by atoms with van der Waals surface area (Å²) in [7, 11) is 1.96. The average molecular weight is 673 g/mol. The number of hydrogen-bond acceptors (Lipinski definition) is 3. The van der Waals surface area contributed by atoms with Crippen molar-refractivity contribution in [1.29, 1.82) is 0 Å². The number of nitrogens with zero attached hydrogens (tertiary/aromatic N) is 3. The fourth-order valence-corrected chi connectivity index (χ4v) is 6.61. The van der Waals surface area contributed by atoms with E-state index in [-0.39, 0.29) is 18.4 Å². The number of carboxylic acid groups (broad SMARTS) is 3. The first kappa shape index (κ1) is 32.1. The number of aromatic nitrogens is 6. The molecule has 7 rings (SSSR count). The number of fused-ring (bicyclic) bond motifs is 4. The molecule has 0 radical (unpaired) electrons. The number of H-pyrrole nitrogens is 3. The molecule has 0 fully saturated rings. The molecular weight excluding hydrogens is 636 g/mol. The summed E-state index contributed by atoms with van der Waals surface area (Å²) in [4.78, 5) is 45.7. The Morgan fingerprint density at radius 3 is 1.66 bits per heavy atom. The van der Waals surface area contributed by atoms with Crippen LogP contribution in [0, 0.1) is 0 Å². The van der Waals surface area contributed by atoms with Crippen molar-refractivity contribution in [2.45, 2.75) is 39.0 Å². The second-order valence-electron chi connectivity index (χ2n) is 12.3. The molecule has 6 N–H and O–H groups in total. The Balaban J connectivity index is 1.57. The van der Waals surface area contributed by atoms with Gasteiger partial charge in [0.2, 0.25) is 0 Å². The van der Waals surface area contributed by atoms with Gasteiger partial charge in [-0.1, -0.05) is 43.3 Å². The summed E-state index contributed by atoms with van der Waals surface area (Å²) < 4.78 is 6.12. The third-order valence-electron chi connectivity index (χ3n) is 9.17. The highest BCUT2D eigenvalue weighted by molar-refractivity contribution is 5.98. The van der Waals surface area contributed by atoms with Crippen molar-refractivity contribution in [3.8, 4) is 11.4 Å². The van der Waals surface area contributed by atoms with Crippen molar-refractivity contribution < 1.29 is 29.7 Å². The largest absolute Gasteiger partial charge is 0.481 e. The second kappa shape index (κ2) is 12.9. The number of carbonyl (C=O) groups is 3. The Labute approximate surface area is 285 Å². The Morgan fingerprint density at radius 1 is 0.620 bits per heavy atom. The van der Waals surface area contributed by atoms with Crippen molar-refractivity contribution in [3.63, 3.8) is 0 Å². The van der Waals surface area contributed by atoms with Crippen LogP contribution in [0.3, 0.4) is 0 Å². The van der Waals surface area contributed by atoms with Crippen LogP contribution in [0.2, 0.25) is 0 Å². The molecule has 0 aliphatic carbocycles. The second-order valence-corrected chi connectivity index (χ2v) is 12.3. The van der Waals surface area contributed by atoms with E-state index in [9.17, 15) is 29.7 Å². The summed E-state index contributed by atoms with van der Waals surface area (Å²) in [5.41, 5.74) is 10.4. The number of para-hydroxylation sites is 2. The van der Waals surface area contributed by atoms with Crippen LogP contribution in [0.15, 0.2) is 84.9 Å². The van der Waals surface area contributed by atoms with Crippen molar-refractivity contribution in [3.05, 3.63) is 107 Å². The molecule has 7 aromatic rings. The number of hydrogen-bond donors (Lipinski definition) is 6. The summed E-state index contributed by atoms with van der Waals surface area (Å²) in [6.45, 7) is 1.93. The van der Waals surface area contributed by atoms with E-state index in [1.54, 1.807) is 6.07 Å². The zero-order chi connectivity index (χ0) is 35.1. The molecule has 50 heavy (non-hydrogen) atoms. The van der Waals surface area contributed by atoms with Gasteiger partial charge in [0.15, 0.2) is 22.6 Å². The van der Waals surface area contributed by atoms with E-state index in [1.807, 2.05) is 102 Å². The lowest BCUT2D eigenvalue weighted by atomic mass is 10.0. The third kappa shape index (κ3) is 5.80. The maximum Gasteiger partial charge on any atom is 0.336 e. The monoisotopic (exact) mass is 672 g/mol. The van der Waals surface area contributed by atoms with E-state index < -0.39 is 17.9 Å². The summed E-state index contributed by atoms with van der Waals surface area (Å²) >= 11 is 0. The fraction of sp³-hybridized carbons (Fsp3) is 0.184. The molecule has 0 aliphatic rings. The Hall–Kier alpha value is -6.43. The van der Waals surface area contributed by atoms with E-state index in [0.29, 0.717) is 36.0 Å². The van der Waals surface area contributed by atoms with Crippen molar-refractivity contribution in [1.82, 2.24) is 28.7 Å². The SMILES string of the molecule is CCc1cc2[nH]c3c([nH]c4c([nH]c5ccccc5n4-c4ccc(CCC(=O)O)cc4)n3C)n(-c3ccc(CCC(=O)O)cc3)c2cc1C(=O)O. The normalized spacial score (nSPS) is 11.5. The molecule has 0 saturated heterocycles. The average Bonchev–Trinajstić information content (AvgIpc) is 3.11. The molecule has 254 valence electrons. The number of aryl methyl sites for hydroxylation is 4.